The van der Waals surface area contributed by atoms with Gasteiger partial charge in [0, 0.05) is 26.2 Å². The molecule has 5 rings (SSSR count). The summed E-state index contributed by atoms with van der Waals surface area (Å²) in [6.45, 7) is 2.60. The van der Waals surface area contributed by atoms with E-state index in [4.69, 9.17) is 9.72 Å². The number of para-hydroxylation sites is 3. The molecule has 1 aromatic heterocycles. The molecule has 0 atom stereocenters. The maximum atomic E-state index is 13.5. The molecule has 1 aliphatic heterocycles. The van der Waals surface area contributed by atoms with Crippen LogP contribution in [0.5, 0.6) is 5.75 Å². The van der Waals surface area contributed by atoms with Crippen molar-refractivity contribution in [2.24, 2.45) is 0 Å². The highest BCUT2D eigenvalue weighted by Crippen LogP contribution is 2.17. The van der Waals surface area contributed by atoms with E-state index in [0.29, 0.717) is 44.3 Å². The minimum Gasteiger partial charge on any atom is -0.484 e. The van der Waals surface area contributed by atoms with Crippen LogP contribution >= 0.6 is 0 Å². The normalized spacial score (nSPS) is 13.8. The third-order valence-corrected chi connectivity index (χ3v) is 6.06. The van der Waals surface area contributed by atoms with Crippen molar-refractivity contribution < 1.29 is 9.53 Å². The SMILES string of the molecule is O=C(COc1ccccc1)N1CCN(c2nc3ccccc3n(Cc3ccccc3)c2=O)CC1. The fourth-order valence-corrected chi connectivity index (χ4v) is 4.23. The summed E-state index contributed by atoms with van der Waals surface area (Å²) in [5, 5.41) is 0. The summed E-state index contributed by atoms with van der Waals surface area (Å²) >= 11 is 0. The first-order valence-electron chi connectivity index (χ1n) is 11.4. The lowest BCUT2D eigenvalue weighted by molar-refractivity contribution is -0.133. The zero-order valence-corrected chi connectivity index (χ0v) is 18.8. The van der Waals surface area contributed by atoms with Crippen LogP contribution in [0.25, 0.3) is 11.0 Å². The molecule has 0 bridgehead atoms. The summed E-state index contributed by atoms with van der Waals surface area (Å²) in [4.78, 5) is 34.6. The number of rotatable bonds is 6. The number of anilines is 1. The molecule has 0 N–H and O–H groups in total. The smallest absolute Gasteiger partial charge is 0.294 e. The number of piperazine rings is 1. The third-order valence-electron chi connectivity index (χ3n) is 6.06. The average Bonchev–Trinajstić information content (AvgIpc) is 2.90. The van der Waals surface area contributed by atoms with Crippen molar-refractivity contribution in [3.63, 3.8) is 0 Å². The van der Waals surface area contributed by atoms with Gasteiger partial charge in [-0.1, -0.05) is 60.7 Å². The van der Waals surface area contributed by atoms with Gasteiger partial charge >= 0.3 is 0 Å². The summed E-state index contributed by atoms with van der Waals surface area (Å²) in [5.74, 6) is 1.05. The topological polar surface area (TPSA) is 67.7 Å². The highest BCUT2D eigenvalue weighted by Gasteiger charge is 2.25. The second kappa shape index (κ2) is 9.79. The molecule has 7 nitrogen and oxygen atoms in total. The van der Waals surface area contributed by atoms with Gasteiger partial charge in [0.05, 0.1) is 17.6 Å². The van der Waals surface area contributed by atoms with Crippen LogP contribution in [0.3, 0.4) is 0 Å². The van der Waals surface area contributed by atoms with Crippen molar-refractivity contribution in [3.05, 3.63) is 101 Å². The molecule has 1 amide bonds. The maximum absolute atomic E-state index is 13.5. The van der Waals surface area contributed by atoms with Crippen molar-refractivity contribution >= 4 is 22.8 Å². The minimum atomic E-state index is -0.116. The Hall–Kier alpha value is -4.13. The maximum Gasteiger partial charge on any atom is 0.294 e. The van der Waals surface area contributed by atoms with Crippen LogP contribution in [0.4, 0.5) is 5.82 Å². The fraction of sp³-hybridized carbons (Fsp3) is 0.222. The van der Waals surface area contributed by atoms with Gasteiger partial charge in [-0.25, -0.2) is 4.98 Å². The summed E-state index contributed by atoms with van der Waals surface area (Å²) in [5.41, 5.74) is 2.53. The van der Waals surface area contributed by atoms with Gasteiger partial charge in [-0.15, -0.1) is 0 Å². The number of hydrogen-bond acceptors (Lipinski definition) is 5. The van der Waals surface area contributed by atoms with Gasteiger partial charge in [0.15, 0.2) is 12.4 Å². The molecule has 3 aromatic carbocycles. The minimum absolute atomic E-state index is 0.00210. The molecule has 1 aliphatic rings. The van der Waals surface area contributed by atoms with Crippen molar-refractivity contribution in [2.75, 3.05) is 37.7 Å². The number of amides is 1. The Balaban J connectivity index is 1.32. The molecular weight excluding hydrogens is 428 g/mol. The number of fused-ring (bicyclic) bond motifs is 1. The Labute approximate surface area is 197 Å². The quantitative estimate of drug-likeness (QED) is 0.448. The van der Waals surface area contributed by atoms with Gasteiger partial charge in [0.2, 0.25) is 0 Å². The molecule has 4 aromatic rings. The first kappa shape index (κ1) is 21.7. The van der Waals surface area contributed by atoms with E-state index in [1.165, 1.54) is 0 Å². The van der Waals surface area contributed by atoms with Crippen molar-refractivity contribution in [1.82, 2.24) is 14.5 Å². The van der Waals surface area contributed by atoms with Crippen LogP contribution < -0.4 is 15.2 Å². The second-order valence-corrected chi connectivity index (χ2v) is 8.27. The van der Waals surface area contributed by atoms with E-state index in [9.17, 15) is 9.59 Å². The van der Waals surface area contributed by atoms with Crippen LogP contribution in [0.15, 0.2) is 89.7 Å². The van der Waals surface area contributed by atoms with Gasteiger partial charge < -0.3 is 14.5 Å². The lowest BCUT2D eigenvalue weighted by Gasteiger charge is -2.35. The fourth-order valence-electron chi connectivity index (χ4n) is 4.23. The molecule has 1 fully saturated rings. The molecular formula is C27H26N4O3. The zero-order valence-electron chi connectivity index (χ0n) is 18.8. The van der Waals surface area contributed by atoms with E-state index in [1.54, 1.807) is 9.47 Å². The molecule has 0 spiro atoms. The summed E-state index contributed by atoms with van der Waals surface area (Å²) in [6.07, 6.45) is 0. The largest absolute Gasteiger partial charge is 0.484 e. The second-order valence-electron chi connectivity index (χ2n) is 8.27. The Morgan fingerprint density at radius 2 is 1.47 bits per heavy atom. The Kier molecular flexibility index (Phi) is 6.25. The van der Waals surface area contributed by atoms with Gasteiger partial charge in [-0.05, 0) is 29.8 Å². The van der Waals surface area contributed by atoms with E-state index in [1.807, 2.05) is 89.8 Å². The molecule has 0 aliphatic carbocycles. The summed E-state index contributed by atoms with van der Waals surface area (Å²) < 4.78 is 7.39. The predicted octanol–water partition coefficient (Wildman–Crippen LogP) is 3.17. The van der Waals surface area contributed by atoms with E-state index in [0.717, 1.165) is 16.6 Å². The number of ether oxygens (including phenoxy) is 1. The standard InChI is InChI=1S/C27H26N4O3/c32-25(20-34-22-11-5-2-6-12-22)29-15-17-30(18-16-29)26-27(33)31(19-21-9-3-1-4-10-21)24-14-8-7-13-23(24)28-26/h1-14H,15-20H2. The van der Waals surface area contributed by atoms with Crippen LogP contribution in [-0.2, 0) is 11.3 Å². The molecule has 172 valence electrons. The number of aromatic nitrogens is 2. The van der Waals surface area contributed by atoms with Crippen molar-refractivity contribution in [3.8, 4) is 5.75 Å². The highest BCUT2D eigenvalue weighted by atomic mass is 16.5. The van der Waals surface area contributed by atoms with Crippen LogP contribution in [0.1, 0.15) is 5.56 Å². The van der Waals surface area contributed by atoms with Gasteiger partial charge in [-0.2, -0.15) is 0 Å². The van der Waals surface area contributed by atoms with E-state index >= 15 is 0 Å². The molecule has 7 heteroatoms. The molecule has 34 heavy (non-hydrogen) atoms. The van der Waals surface area contributed by atoms with Crippen LogP contribution in [0, 0.1) is 0 Å². The van der Waals surface area contributed by atoms with Crippen molar-refractivity contribution in [1.29, 1.82) is 0 Å². The first-order chi connectivity index (χ1) is 16.7. The van der Waals surface area contributed by atoms with Gasteiger partial charge in [0.1, 0.15) is 5.75 Å². The number of nitrogens with zero attached hydrogens (tertiary/aromatic N) is 4. The lowest BCUT2D eigenvalue weighted by atomic mass is 10.2. The number of benzene rings is 3. The van der Waals surface area contributed by atoms with Crippen LogP contribution in [0.2, 0.25) is 0 Å². The predicted molar refractivity (Wildman–Crippen MR) is 132 cm³/mol. The zero-order chi connectivity index (χ0) is 23.3. The van der Waals surface area contributed by atoms with Gasteiger partial charge in [0.25, 0.3) is 11.5 Å². The molecule has 0 saturated carbocycles. The van der Waals surface area contributed by atoms with Gasteiger partial charge in [-0.3, -0.25) is 14.2 Å². The Bertz CT molecular complexity index is 1330. The monoisotopic (exact) mass is 454 g/mol. The Morgan fingerprint density at radius 3 is 2.21 bits per heavy atom. The first-order valence-corrected chi connectivity index (χ1v) is 11.4. The van der Waals surface area contributed by atoms with Crippen molar-refractivity contribution in [2.45, 2.75) is 6.54 Å². The average molecular weight is 455 g/mol. The molecule has 0 radical (unpaired) electrons. The van der Waals surface area contributed by atoms with E-state index in [-0.39, 0.29) is 18.1 Å². The summed E-state index contributed by atoms with van der Waals surface area (Å²) in [7, 11) is 0. The lowest BCUT2D eigenvalue weighted by Crippen LogP contribution is -2.51. The molecule has 1 saturated heterocycles. The molecule has 0 unspecified atom stereocenters. The highest BCUT2D eigenvalue weighted by molar-refractivity contribution is 5.78. The number of hydrogen-bond donors (Lipinski definition) is 0. The third kappa shape index (κ3) is 4.64. The Morgan fingerprint density at radius 1 is 0.824 bits per heavy atom. The number of carbonyl (C=O) groups is 1. The van der Waals surface area contributed by atoms with E-state index in [2.05, 4.69) is 0 Å². The van der Waals surface area contributed by atoms with E-state index < -0.39 is 0 Å². The van der Waals surface area contributed by atoms with Crippen LogP contribution in [-0.4, -0.2) is 53.1 Å². The number of carbonyl (C=O) groups excluding carboxylic acids is 1. The molecule has 2 heterocycles. The summed E-state index contributed by atoms with van der Waals surface area (Å²) in [6, 6.07) is 27.0.